The van der Waals surface area contributed by atoms with Crippen LogP contribution in [0.5, 0.6) is 0 Å². The first-order chi connectivity index (χ1) is 6.70. The summed E-state index contributed by atoms with van der Waals surface area (Å²) in [5.74, 6) is -0.962. The SMILES string of the molecule is C[C@@H](N/C=C/C(=O)O)c1cccnc1. The zero-order valence-corrected chi connectivity index (χ0v) is 7.84. The van der Waals surface area contributed by atoms with Gasteiger partial charge in [-0.25, -0.2) is 4.79 Å². The van der Waals surface area contributed by atoms with E-state index < -0.39 is 5.97 Å². The Hall–Kier alpha value is -1.84. The molecule has 0 saturated carbocycles. The summed E-state index contributed by atoms with van der Waals surface area (Å²) in [7, 11) is 0. The number of rotatable bonds is 4. The van der Waals surface area contributed by atoms with Crippen molar-refractivity contribution in [1.82, 2.24) is 10.3 Å². The molecule has 0 aliphatic heterocycles. The van der Waals surface area contributed by atoms with Gasteiger partial charge in [-0.15, -0.1) is 0 Å². The van der Waals surface area contributed by atoms with Crippen molar-refractivity contribution < 1.29 is 9.90 Å². The number of hydrogen-bond donors (Lipinski definition) is 2. The number of nitrogens with one attached hydrogen (secondary N) is 1. The molecule has 14 heavy (non-hydrogen) atoms. The smallest absolute Gasteiger partial charge is 0.329 e. The van der Waals surface area contributed by atoms with E-state index in [1.807, 2.05) is 19.1 Å². The minimum Gasteiger partial charge on any atom is -0.478 e. The number of carboxylic acid groups (broad SMARTS) is 1. The molecule has 0 aromatic carbocycles. The molecule has 1 rings (SSSR count). The Bertz CT molecular complexity index is 322. The van der Waals surface area contributed by atoms with Gasteiger partial charge < -0.3 is 10.4 Å². The van der Waals surface area contributed by atoms with E-state index in [1.54, 1.807) is 12.4 Å². The van der Waals surface area contributed by atoms with E-state index in [-0.39, 0.29) is 6.04 Å². The molecule has 4 nitrogen and oxygen atoms in total. The maximum absolute atomic E-state index is 10.2. The van der Waals surface area contributed by atoms with Gasteiger partial charge in [0.15, 0.2) is 0 Å². The van der Waals surface area contributed by atoms with E-state index in [2.05, 4.69) is 10.3 Å². The molecule has 0 aliphatic carbocycles. The van der Waals surface area contributed by atoms with Crippen molar-refractivity contribution in [3.63, 3.8) is 0 Å². The van der Waals surface area contributed by atoms with Crippen LogP contribution in [0.4, 0.5) is 0 Å². The Kier molecular flexibility index (Phi) is 3.67. The number of nitrogens with zero attached hydrogens (tertiary/aromatic N) is 1. The standard InChI is InChI=1S/C10H12N2O2/c1-8(12-6-4-10(13)14)9-3-2-5-11-7-9/h2-8,12H,1H3,(H,13,14)/b6-4+/t8-/m1/s1. The maximum atomic E-state index is 10.2. The van der Waals surface area contributed by atoms with Gasteiger partial charge in [0.1, 0.15) is 0 Å². The molecule has 0 amide bonds. The minimum atomic E-state index is -0.962. The number of hydrogen-bond acceptors (Lipinski definition) is 3. The van der Waals surface area contributed by atoms with Crippen LogP contribution in [0.3, 0.4) is 0 Å². The second kappa shape index (κ2) is 5.01. The molecular formula is C10H12N2O2. The number of aliphatic carboxylic acids is 1. The van der Waals surface area contributed by atoms with Crippen molar-refractivity contribution in [2.24, 2.45) is 0 Å². The number of carboxylic acids is 1. The van der Waals surface area contributed by atoms with Crippen molar-refractivity contribution in [2.75, 3.05) is 0 Å². The Morgan fingerprint density at radius 3 is 3.07 bits per heavy atom. The minimum absolute atomic E-state index is 0.0549. The molecule has 1 aromatic rings. The molecule has 0 radical (unpaired) electrons. The van der Waals surface area contributed by atoms with Gasteiger partial charge in [0, 0.05) is 30.7 Å². The van der Waals surface area contributed by atoms with Crippen molar-refractivity contribution >= 4 is 5.97 Å². The third-order valence-electron chi connectivity index (χ3n) is 1.76. The van der Waals surface area contributed by atoms with Gasteiger partial charge in [-0.1, -0.05) is 6.07 Å². The van der Waals surface area contributed by atoms with Gasteiger partial charge in [-0.2, -0.15) is 0 Å². The normalized spacial score (nSPS) is 12.6. The summed E-state index contributed by atoms with van der Waals surface area (Å²) in [5.41, 5.74) is 1.02. The van der Waals surface area contributed by atoms with Crippen molar-refractivity contribution in [2.45, 2.75) is 13.0 Å². The molecule has 2 N–H and O–H groups in total. The fourth-order valence-electron chi connectivity index (χ4n) is 0.992. The van der Waals surface area contributed by atoms with Gasteiger partial charge in [0.25, 0.3) is 0 Å². The number of pyridine rings is 1. The first kappa shape index (κ1) is 10.2. The molecule has 74 valence electrons. The molecule has 0 aliphatic rings. The predicted molar refractivity (Wildman–Crippen MR) is 52.6 cm³/mol. The quantitative estimate of drug-likeness (QED) is 0.706. The first-order valence-electron chi connectivity index (χ1n) is 4.25. The molecule has 0 bridgehead atoms. The van der Waals surface area contributed by atoms with E-state index in [1.165, 1.54) is 6.20 Å². The summed E-state index contributed by atoms with van der Waals surface area (Å²) in [4.78, 5) is 14.1. The van der Waals surface area contributed by atoms with Crippen LogP contribution in [-0.4, -0.2) is 16.1 Å². The van der Waals surface area contributed by atoms with Crippen LogP contribution < -0.4 is 5.32 Å². The van der Waals surface area contributed by atoms with Crippen LogP contribution in [0.15, 0.2) is 36.8 Å². The molecule has 1 atom stereocenters. The lowest BCUT2D eigenvalue weighted by molar-refractivity contribution is -0.131. The van der Waals surface area contributed by atoms with Gasteiger partial charge in [0.05, 0.1) is 0 Å². The highest BCUT2D eigenvalue weighted by atomic mass is 16.4. The second-order valence-corrected chi connectivity index (χ2v) is 2.85. The average Bonchev–Trinajstić information content (AvgIpc) is 2.18. The lowest BCUT2D eigenvalue weighted by Gasteiger charge is -2.10. The zero-order chi connectivity index (χ0) is 10.4. The fourth-order valence-corrected chi connectivity index (χ4v) is 0.992. The second-order valence-electron chi connectivity index (χ2n) is 2.85. The molecule has 4 heteroatoms. The Morgan fingerprint density at radius 2 is 2.50 bits per heavy atom. The molecule has 0 spiro atoms. The van der Waals surface area contributed by atoms with Gasteiger partial charge >= 0.3 is 5.97 Å². The molecular weight excluding hydrogens is 180 g/mol. The fraction of sp³-hybridized carbons (Fsp3) is 0.200. The predicted octanol–water partition coefficient (Wildman–Crippen LogP) is 1.33. The largest absolute Gasteiger partial charge is 0.478 e. The highest BCUT2D eigenvalue weighted by molar-refractivity contribution is 5.79. The summed E-state index contributed by atoms with van der Waals surface area (Å²) >= 11 is 0. The Labute approximate surface area is 82.3 Å². The van der Waals surface area contributed by atoms with Gasteiger partial charge in [-0.3, -0.25) is 4.98 Å². The van der Waals surface area contributed by atoms with Crippen LogP contribution >= 0.6 is 0 Å². The van der Waals surface area contributed by atoms with Crippen molar-refractivity contribution in [3.8, 4) is 0 Å². The lowest BCUT2D eigenvalue weighted by Crippen LogP contribution is -2.12. The van der Waals surface area contributed by atoms with Crippen molar-refractivity contribution in [1.29, 1.82) is 0 Å². The molecule has 0 fully saturated rings. The van der Waals surface area contributed by atoms with Crippen LogP contribution in [-0.2, 0) is 4.79 Å². The van der Waals surface area contributed by atoms with E-state index >= 15 is 0 Å². The molecule has 0 saturated heterocycles. The van der Waals surface area contributed by atoms with Crippen molar-refractivity contribution in [3.05, 3.63) is 42.4 Å². The van der Waals surface area contributed by atoms with E-state index in [0.29, 0.717) is 0 Å². The van der Waals surface area contributed by atoms with Crippen LogP contribution in [0.1, 0.15) is 18.5 Å². The molecule has 1 aromatic heterocycles. The highest BCUT2D eigenvalue weighted by Crippen LogP contribution is 2.08. The van der Waals surface area contributed by atoms with E-state index in [0.717, 1.165) is 11.6 Å². The monoisotopic (exact) mass is 192 g/mol. The van der Waals surface area contributed by atoms with Crippen LogP contribution in [0.2, 0.25) is 0 Å². The third-order valence-corrected chi connectivity index (χ3v) is 1.76. The Balaban J connectivity index is 2.51. The van der Waals surface area contributed by atoms with E-state index in [9.17, 15) is 4.79 Å². The summed E-state index contributed by atoms with van der Waals surface area (Å²) in [6, 6.07) is 3.83. The Morgan fingerprint density at radius 1 is 1.71 bits per heavy atom. The molecule has 1 heterocycles. The van der Waals surface area contributed by atoms with Crippen LogP contribution in [0, 0.1) is 0 Å². The lowest BCUT2D eigenvalue weighted by atomic mass is 10.1. The van der Waals surface area contributed by atoms with Crippen LogP contribution in [0.25, 0.3) is 0 Å². The first-order valence-corrected chi connectivity index (χ1v) is 4.25. The maximum Gasteiger partial charge on any atom is 0.329 e. The number of aromatic nitrogens is 1. The zero-order valence-electron chi connectivity index (χ0n) is 7.84. The topological polar surface area (TPSA) is 62.2 Å². The van der Waals surface area contributed by atoms with Gasteiger partial charge in [-0.05, 0) is 18.6 Å². The summed E-state index contributed by atoms with van der Waals surface area (Å²) in [5, 5.41) is 11.3. The third kappa shape index (κ3) is 3.26. The highest BCUT2D eigenvalue weighted by Gasteiger charge is 2.00. The summed E-state index contributed by atoms with van der Waals surface area (Å²) in [6.07, 6.45) is 5.92. The van der Waals surface area contributed by atoms with Gasteiger partial charge in [0.2, 0.25) is 0 Å². The molecule has 0 unspecified atom stereocenters. The summed E-state index contributed by atoms with van der Waals surface area (Å²) < 4.78 is 0. The van der Waals surface area contributed by atoms with E-state index in [4.69, 9.17) is 5.11 Å². The average molecular weight is 192 g/mol. The summed E-state index contributed by atoms with van der Waals surface area (Å²) in [6.45, 7) is 1.93. The number of carbonyl (C=O) groups is 1.